The van der Waals surface area contributed by atoms with Crippen LogP contribution in [0.1, 0.15) is 12.0 Å². The molecule has 0 aliphatic heterocycles. The minimum atomic E-state index is -0.362. The predicted molar refractivity (Wildman–Crippen MR) is 64.2 cm³/mol. The summed E-state index contributed by atoms with van der Waals surface area (Å²) in [6.45, 7) is 0.0980. The fourth-order valence-corrected chi connectivity index (χ4v) is 1.30. The van der Waals surface area contributed by atoms with Crippen LogP contribution in [0.5, 0.6) is 0 Å². The van der Waals surface area contributed by atoms with E-state index in [2.05, 4.69) is 5.32 Å². The molecular weight excluding hydrogens is 220 g/mol. The summed E-state index contributed by atoms with van der Waals surface area (Å²) in [6, 6.07) is 7.05. The van der Waals surface area contributed by atoms with Gasteiger partial charge in [-0.25, -0.2) is 0 Å². The first kappa shape index (κ1) is 13.0. The van der Waals surface area contributed by atoms with Crippen LogP contribution in [0.3, 0.4) is 0 Å². The van der Waals surface area contributed by atoms with Crippen molar-refractivity contribution in [2.24, 2.45) is 0 Å². The lowest BCUT2D eigenvalue weighted by Gasteiger charge is -2.04. The van der Waals surface area contributed by atoms with Gasteiger partial charge in [-0.1, -0.05) is 12.1 Å². The van der Waals surface area contributed by atoms with E-state index in [0.717, 1.165) is 5.56 Å². The van der Waals surface area contributed by atoms with E-state index in [1.54, 1.807) is 24.3 Å². The highest BCUT2D eigenvalue weighted by molar-refractivity contribution is 5.76. The van der Waals surface area contributed by atoms with Crippen LogP contribution in [0.15, 0.2) is 24.3 Å². The van der Waals surface area contributed by atoms with Crippen molar-refractivity contribution in [3.63, 3.8) is 0 Å². The Hall–Kier alpha value is -2.04. The van der Waals surface area contributed by atoms with Crippen molar-refractivity contribution in [3.05, 3.63) is 29.8 Å². The third-order valence-electron chi connectivity index (χ3n) is 2.17. The third kappa shape index (κ3) is 5.01. The minimum Gasteiger partial charge on any atom is -0.465 e. The highest BCUT2D eigenvalue weighted by atomic mass is 16.5. The van der Waals surface area contributed by atoms with Crippen LogP contribution in [-0.2, 0) is 20.7 Å². The molecule has 0 aliphatic carbocycles. The van der Waals surface area contributed by atoms with Gasteiger partial charge in [0.1, 0.15) is 6.61 Å². The molecule has 0 saturated carbocycles. The van der Waals surface area contributed by atoms with E-state index in [1.165, 1.54) is 7.05 Å². The lowest BCUT2D eigenvalue weighted by atomic mass is 10.1. The fraction of sp³-hybridized carbons (Fsp3) is 0.333. The first-order valence-electron chi connectivity index (χ1n) is 5.32. The molecule has 0 saturated heterocycles. The summed E-state index contributed by atoms with van der Waals surface area (Å²) in [4.78, 5) is 22.3. The van der Waals surface area contributed by atoms with E-state index in [-0.39, 0.29) is 31.3 Å². The van der Waals surface area contributed by atoms with E-state index in [0.29, 0.717) is 5.69 Å². The Bertz CT molecular complexity index is 404. The van der Waals surface area contributed by atoms with Crippen molar-refractivity contribution in [2.45, 2.75) is 12.8 Å². The Morgan fingerprint density at radius 1 is 1.41 bits per heavy atom. The van der Waals surface area contributed by atoms with E-state index in [4.69, 9.17) is 10.5 Å². The van der Waals surface area contributed by atoms with Crippen molar-refractivity contribution in [1.82, 2.24) is 5.32 Å². The number of benzene rings is 1. The number of carbonyl (C=O) groups excluding carboxylic acids is 2. The molecule has 5 heteroatoms. The van der Waals surface area contributed by atoms with Gasteiger partial charge in [0, 0.05) is 12.7 Å². The molecule has 1 rings (SSSR count). The number of amides is 1. The molecule has 0 spiro atoms. The number of rotatable bonds is 5. The number of anilines is 1. The Morgan fingerprint density at radius 2 is 2.18 bits per heavy atom. The summed E-state index contributed by atoms with van der Waals surface area (Å²) in [7, 11) is 1.54. The summed E-state index contributed by atoms with van der Waals surface area (Å²) in [6.07, 6.45) is 0.345. The zero-order valence-corrected chi connectivity index (χ0v) is 9.73. The highest BCUT2D eigenvalue weighted by Crippen LogP contribution is 2.07. The minimum absolute atomic E-state index is 0.0980. The van der Waals surface area contributed by atoms with Gasteiger partial charge < -0.3 is 15.8 Å². The zero-order chi connectivity index (χ0) is 12.7. The van der Waals surface area contributed by atoms with Gasteiger partial charge in [-0.3, -0.25) is 9.59 Å². The molecule has 1 amide bonds. The Balaban J connectivity index is 2.32. The smallest absolute Gasteiger partial charge is 0.310 e. The normalized spacial score (nSPS) is 9.71. The number of hydrogen-bond acceptors (Lipinski definition) is 4. The monoisotopic (exact) mass is 236 g/mol. The molecule has 0 radical (unpaired) electrons. The molecule has 1 aromatic rings. The Labute approximate surface area is 99.9 Å². The maximum atomic E-state index is 11.4. The zero-order valence-electron chi connectivity index (χ0n) is 9.73. The number of nitrogens with one attached hydrogen (secondary N) is 1. The van der Waals surface area contributed by atoms with Gasteiger partial charge in [0.15, 0.2) is 0 Å². The first-order valence-corrected chi connectivity index (χ1v) is 5.32. The van der Waals surface area contributed by atoms with Crippen LogP contribution in [0, 0.1) is 0 Å². The van der Waals surface area contributed by atoms with Crippen molar-refractivity contribution in [1.29, 1.82) is 0 Å². The van der Waals surface area contributed by atoms with Crippen molar-refractivity contribution < 1.29 is 14.3 Å². The van der Waals surface area contributed by atoms with Crippen LogP contribution >= 0.6 is 0 Å². The molecule has 0 fully saturated rings. The maximum Gasteiger partial charge on any atom is 0.310 e. The maximum absolute atomic E-state index is 11.4. The summed E-state index contributed by atoms with van der Waals surface area (Å²) in [5, 5.41) is 2.45. The number of ether oxygens (including phenoxy) is 1. The van der Waals surface area contributed by atoms with Gasteiger partial charge in [0.2, 0.25) is 5.91 Å². The Kier molecular flexibility index (Phi) is 5.00. The second-order valence-electron chi connectivity index (χ2n) is 3.57. The molecule has 0 aliphatic rings. The van der Waals surface area contributed by atoms with Crippen LogP contribution in [0.25, 0.3) is 0 Å². The lowest BCUT2D eigenvalue weighted by Crippen LogP contribution is -2.20. The molecule has 3 N–H and O–H groups in total. The molecule has 5 nitrogen and oxygen atoms in total. The standard InChI is InChI=1S/C12H16N2O3/c1-14-11(15)5-6-17-12(16)8-9-3-2-4-10(13)7-9/h2-4,7H,5-6,8,13H2,1H3,(H,14,15). The molecule has 0 atom stereocenters. The summed E-state index contributed by atoms with van der Waals surface area (Å²) in [5.74, 6) is -0.513. The summed E-state index contributed by atoms with van der Waals surface area (Å²) < 4.78 is 4.92. The largest absolute Gasteiger partial charge is 0.465 e. The second kappa shape index (κ2) is 6.52. The SMILES string of the molecule is CNC(=O)CCOC(=O)Cc1cccc(N)c1. The van der Waals surface area contributed by atoms with Gasteiger partial charge in [-0.05, 0) is 17.7 Å². The van der Waals surface area contributed by atoms with Crippen molar-refractivity contribution >= 4 is 17.6 Å². The van der Waals surface area contributed by atoms with E-state index in [1.807, 2.05) is 0 Å². The number of nitrogen functional groups attached to an aromatic ring is 1. The van der Waals surface area contributed by atoms with Gasteiger partial charge >= 0.3 is 5.97 Å². The number of carbonyl (C=O) groups is 2. The topological polar surface area (TPSA) is 81.4 Å². The molecule has 17 heavy (non-hydrogen) atoms. The van der Waals surface area contributed by atoms with Crippen LogP contribution < -0.4 is 11.1 Å². The number of hydrogen-bond donors (Lipinski definition) is 2. The predicted octanol–water partition coefficient (Wildman–Crippen LogP) is 0.491. The Morgan fingerprint density at radius 3 is 2.82 bits per heavy atom. The highest BCUT2D eigenvalue weighted by Gasteiger charge is 2.06. The summed E-state index contributed by atoms with van der Waals surface area (Å²) >= 11 is 0. The van der Waals surface area contributed by atoms with E-state index < -0.39 is 0 Å². The average Bonchev–Trinajstić information content (AvgIpc) is 2.28. The first-order chi connectivity index (χ1) is 8.11. The molecule has 0 heterocycles. The molecular formula is C12H16N2O3. The van der Waals surface area contributed by atoms with Gasteiger partial charge in [-0.2, -0.15) is 0 Å². The number of esters is 1. The number of nitrogens with two attached hydrogens (primary N) is 1. The second-order valence-corrected chi connectivity index (χ2v) is 3.57. The van der Waals surface area contributed by atoms with Gasteiger partial charge in [0.25, 0.3) is 0 Å². The van der Waals surface area contributed by atoms with Crippen LogP contribution in [0.4, 0.5) is 5.69 Å². The van der Waals surface area contributed by atoms with E-state index in [9.17, 15) is 9.59 Å². The molecule has 0 bridgehead atoms. The van der Waals surface area contributed by atoms with Crippen LogP contribution in [0.2, 0.25) is 0 Å². The van der Waals surface area contributed by atoms with Gasteiger partial charge in [-0.15, -0.1) is 0 Å². The van der Waals surface area contributed by atoms with Crippen LogP contribution in [-0.4, -0.2) is 25.5 Å². The molecule has 0 aromatic heterocycles. The lowest BCUT2D eigenvalue weighted by molar-refractivity contribution is -0.143. The molecule has 0 unspecified atom stereocenters. The van der Waals surface area contributed by atoms with Crippen molar-refractivity contribution in [2.75, 3.05) is 19.4 Å². The van der Waals surface area contributed by atoms with E-state index >= 15 is 0 Å². The average molecular weight is 236 g/mol. The molecule has 92 valence electrons. The van der Waals surface area contributed by atoms with Crippen molar-refractivity contribution in [3.8, 4) is 0 Å². The molecule has 1 aromatic carbocycles. The quantitative estimate of drug-likeness (QED) is 0.576. The fourth-order valence-electron chi connectivity index (χ4n) is 1.30. The van der Waals surface area contributed by atoms with Gasteiger partial charge in [0.05, 0.1) is 12.8 Å². The third-order valence-corrected chi connectivity index (χ3v) is 2.17. The summed E-state index contributed by atoms with van der Waals surface area (Å²) in [5.41, 5.74) is 7.00.